The van der Waals surface area contributed by atoms with Gasteiger partial charge in [-0.05, 0) is 48.6 Å². The third kappa shape index (κ3) is 6.38. The van der Waals surface area contributed by atoms with Crippen molar-refractivity contribution in [3.63, 3.8) is 0 Å². The van der Waals surface area contributed by atoms with E-state index >= 15 is 0 Å². The first kappa shape index (κ1) is 23.8. The van der Waals surface area contributed by atoms with Crippen LogP contribution < -0.4 is 0 Å². The molecule has 3 heterocycles. The van der Waals surface area contributed by atoms with E-state index in [-0.39, 0.29) is 16.9 Å². The molecule has 0 aliphatic carbocycles. The zero-order valence-electron chi connectivity index (χ0n) is 18.8. The van der Waals surface area contributed by atoms with Crippen LogP contribution in [-0.2, 0) is 37.3 Å². The van der Waals surface area contributed by atoms with Crippen molar-refractivity contribution in [1.29, 1.82) is 0 Å². The number of hydrogen-bond donors (Lipinski definition) is 0. The van der Waals surface area contributed by atoms with Crippen LogP contribution in [0.25, 0.3) is 0 Å². The molecule has 2 fully saturated rings. The fourth-order valence-corrected chi connectivity index (χ4v) is 5.58. The molecular weight excluding hydrogens is 442 g/mol. The number of aromatic nitrogens is 1. The molecule has 9 heteroatoms. The van der Waals surface area contributed by atoms with Gasteiger partial charge >= 0.3 is 0 Å². The van der Waals surface area contributed by atoms with Crippen molar-refractivity contribution in [1.82, 2.24) is 14.2 Å². The van der Waals surface area contributed by atoms with Gasteiger partial charge in [-0.1, -0.05) is 18.2 Å². The van der Waals surface area contributed by atoms with E-state index < -0.39 is 10.0 Å². The second kappa shape index (κ2) is 11.2. The number of nitrogens with zero attached hydrogens (tertiary/aromatic N) is 3. The molecule has 2 aliphatic heterocycles. The summed E-state index contributed by atoms with van der Waals surface area (Å²) in [6.07, 6.45) is 6.47. The number of ether oxygens (including phenoxy) is 2. The second-order valence-electron chi connectivity index (χ2n) is 8.43. The third-order valence-corrected chi connectivity index (χ3v) is 7.97. The standard InChI is InChI=1S/C24H31N3O5S/c28-24(26(19-22-4-2-14-32-22)18-21-3-1-11-25-17-21)10-7-20-5-8-23(9-6-20)33(29,30)27-12-15-31-16-13-27/h1,3,5-6,8-9,11,17,22H,2,4,7,10,12-16,18-19H2. The molecule has 4 rings (SSSR count). The molecule has 178 valence electrons. The minimum Gasteiger partial charge on any atom is -0.379 e. The van der Waals surface area contributed by atoms with Crippen LogP contribution >= 0.6 is 0 Å². The van der Waals surface area contributed by atoms with Crippen molar-refractivity contribution in [2.24, 2.45) is 0 Å². The van der Waals surface area contributed by atoms with E-state index in [1.54, 1.807) is 36.7 Å². The molecule has 0 saturated carbocycles. The summed E-state index contributed by atoms with van der Waals surface area (Å²) in [5.41, 5.74) is 1.92. The number of aryl methyl sites for hydroxylation is 1. The Kier molecular flexibility index (Phi) is 8.08. The zero-order chi connectivity index (χ0) is 23.1. The topological polar surface area (TPSA) is 89.0 Å². The Bertz CT molecular complexity index is 1000. The van der Waals surface area contributed by atoms with Crippen LogP contribution in [0.4, 0.5) is 0 Å². The Morgan fingerprint density at radius 1 is 1.09 bits per heavy atom. The fourth-order valence-electron chi connectivity index (χ4n) is 4.17. The third-order valence-electron chi connectivity index (χ3n) is 6.06. The first-order valence-corrected chi connectivity index (χ1v) is 12.9. The molecule has 1 aromatic heterocycles. The molecule has 0 spiro atoms. The number of carbonyl (C=O) groups excluding carboxylic acids is 1. The SMILES string of the molecule is O=C(CCc1ccc(S(=O)(=O)N2CCOCC2)cc1)N(Cc1cccnc1)CC1CCCO1. The Morgan fingerprint density at radius 3 is 2.55 bits per heavy atom. The summed E-state index contributed by atoms with van der Waals surface area (Å²) in [5, 5.41) is 0. The van der Waals surface area contributed by atoms with Crippen molar-refractivity contribution in [2.75, 3.05) is 39.5 Å². The summed E-state index contributed by atoms with van der Waals surface area (Å²) < 4.78 is 38.0. The van der Waals surface area contributed by atoms with E-state index in [2.05, 4.69) is 4.98 Å². The number of morpholine rings is 1. The van der Waals surface area contributed by atoms with E-state index in [4.69, 9.17) is 9.47 Å². The molecule has 2 aliphatic rings. The van der Waals surface area contributed by atoms with E-state index in [1.807, 2.05) is 17.0 Å². The van der Waals surface area contributed by atoms with Crippen LogP contribution in [0, 0.1) is 0 Å². The van der Waals surface area contributed by atoms with Crippen LogP contribution in [0.3, 0.4) is 0 Å². The number of pyridine rings is 1. The minimum absolute atomic E-state index is 0.0550. The Balaban J connectivity index is 1.37. The lowest BCUT2D eigenvalue weighted by molar-refractivity contribution is -0.133. The van der Waals surface area contributed by atoms with Crippen molar-refractivity contribution in [3.8, 4) is 0 Å². The number of benzene rings is 1. The zero-order valence-corrected chi connectivity index (χ0v) is 19.6. The van der Waals surface area contributed by atoms with E-state index in [0.29, 0.717) is 52.2 Å². The maximum Gasteiger partial charge on any atom is 0.243 e. The van der Waals surface area contributed by atoms with E-state index in [0.717, 1.165) is 30.6 Å². The Labute approximate surface area is 195 Å². The minimum atomic E-state index is -3.51. The number of sulfonamides is 1. The predicted molar refractivity (Wildman–Crippen MR) is 123 cm³/mol. The first-order valence-electron chi connectivity index (χ1n) is 11.5. The van der Waals surface area contributed by atoms with Crippen molar-refractivity contribution < 1.29 is 22.7 Å². The highest BCUT2D eigenvalue weighted by atomic mass is 32.2. The number of rotatable bonds is 9. The summed E-state index contributed by atoms with van der Waals surface area (Å²) in [5.74, 6) is 0.0550. The molecule has 1 unspecified atom stereocenters. The summed E-state index contributed by atoms with van der Waals surface area (Å²) >= 11 is 0. The first-order chi connectivity index (χ1) is 16.0. The summed E-state index contributed by atoms with van der Waals surface area (Å²) in [6.45, 7) is 3.40. The van der Waals surface area contributed by atoms with Gasteiger partial charge in [0.1, 0.15) is 0 Å². The number of hydrogen-bond acceptors (Lipinski definition) is 6. The van der Waals surface area contributed by atoms with Gasteiger partial charge in [-0.3, -0.25) is 9.78 Å². The Morgan fingerprint density at radius 2 is 1.88 bits per heavy atom. The summed E-state index contributed by atoms with van der Waals surface area (Å²) in [4.78, 5) is 19.4. The monoisotopic (exact) mass is 473 g/mol. The average molecular weight is 474 g/mol. The van der Waals surface area contributed by atoms with E-state index in [9.17, 15) is 13.2 Å². The molecule has 1 aromatic carbocycles. The lowest BCUT2D eigenvalue weighted by Crippen LogP contribution is -2.40. The van der Waals surface area contributed by atoms with Crippen molar-refractivity contribution in [2.45, 2.75) is 43.2 Å². The van der Waals surface area contributed by atoms with Crippen molar-refractivity contribution >= 4 is 15.9 Å². The van der Waals surface area contributed by atoms with Gasteiger partial charge in [-0.15, -0.1) is 0 Å². The van der Waals surface area contributed by atoms with Gasteiger partial charge < -0.3 is 14.4 Å². The second-order valence-corrected chi connectivity index (χ2v) is 10.4. The highest BCUT2D eigenvalue weighted by Gasteiger charge is 2.26. The van der Waals surface area contributed by atoms with Crippen LogP contribution in [0.1, 0.15) is 30.4 Å². The highest BCUT2D eigenvalue weighted by Crippen LogP contribution is 2.19. The molecular formula is C24H31N3O5S. The fraction of sp³-hybridized carbons (Fsp3) is 0.500. The van der Waals surface area contributed by atoms with Gasteiger partial charge in [0.05, 0.1) is 24.2 Å². The smallest absolute Gasteiger partial charge is 0.243 e. The average Bonchev–Trinajstić information content (AvgIpc) is 3.37. The molecule has 2 aromatic rings. The quantitative estimate of drug-likeness (QED) is 0.555. The van der Waals surface area contributed by atoms with Gasteiger partial charge in [0.15, 0.2) is 0 Å². The molecule has 0 N–H and O–H groups in total. The number of amides is 1. The van der Waals surface area contributed by atoms with E-state index in [1.165, 1.54) is 4.31 Å². The van der Waals surface area contributed by atoms with Crippen LogP contribution in [-0.4, -0.2) is 74.1 Å². The van der Waals surface area contributed by atoms with Crippen LogP contribution in [0.2, 0.25) is 0 Å². The van der Waals surface area contributed by atoms with Crippen LogP contribution in [0.5, 0.6) is 0 Å². The van der Waals surface area contributed by atoms with Gasteiger partial charge in [0.2, 0.25) is 15.9 Å². The molecule has 33 heavy (non-hydrogen) atoms. The highest BCUT2D eigenvalue weighted by molar-refractivity contribution is 7.89. The van der Waals surface area contributed by atoms with Gasteiger partial charge in [-0.2, -0.15) is 4.31 Å². The maximum absolute atomic E-state index is 13.1. The lowest BCUT2D eigenvalue weighted by atomic mass is 10.1. The summed E-state index contributed by atoms with van der Waals surface area (Å²) in [7, 11) is -3.51. The molecule has 0 radical (unpaired) electrons. The molecule has 0 bridgehead atoms. The predicted octanol–water partition coefficient (Wildman–Crippen LogP) is 2.24. The Hall–Kier alpha value is -2.33. The van der Waals surface area contributed by atoms with Crippen LogP contribution in [0.15, 0.2) is 53.7 Å². The normalized spacial score (nSPS) is 19.5. The number of carbonyl (C=O) groups is 1. The molecule has 8 nitrogen and oxygen atoms in total. The van der Waals surface area contributed by atoms with Crippen molar-refractivity contribution in [3.05, 3.63) is 59.9 Å². The van der Waals surface area contributed by atoms with Gasteiger partial charge in [0.25, 0.3) is 0 Å². The lowest BCUT2D eigenvalue weighted by Gasteiger charge is -2.26. The molecule has 2 saturated heterocycles. The molecule has 1 amide bonds. The maximum atomic E-state index is 13.1. The van der Waals surface area contributed by atoms with Gasteiger partial charge in [-0.25, -0.2) is 8.42 Å². The summed E-state index contributed by atoms with van der Waals surface area (Å²) in [6, 6.07) is 10.7. The largest absolute Gasteiger partial charge is 0.379 e. The molecule has 1 atom stereocenters. The van der Waals surface area contributed by atoms with Gasteiger partial charge in [0, 0.05) is 51.6 Å².